The van der Waals surface area contributed by atoms with Crippen LogP contribution in [0.3, 0.4) is 0 Å². The molecule has 6 nitrogen and oxygen atoms in total. The van der Waals surface area contributed by atoms with Crippen molar-refractivity contribution in [3.05, 3.63) is 50.4 Å². The van der Waals surface area contributed by atoms with Crippen LogP contribution in [-0.4, -0.2) is 32.9 Å². The molecule has 0 bridgehead atoms. The zero-order valence-corrected chi connectivity index (χ0v) is 14.4. The average molecular weight is 363 g/mol. The Morgan fingerprint density at radius 2 is 2.21 bits per heavy atom. The lowest BCUT2D eigenvalue weighted by atomic mass is 9.95. The fourth-order valence-corrected chi connectivity index (χ4v) is 3.80. The Balaban J connectivity index is 1.92. The molecule has 4 rings (SSSR count). The molecule has 1 atom stereocenters. The number of thioether (sulfide) groups is 1. The van der Waals surface area contributed by atoms with Gasteiger partial charge in [0, 0.05) is 28.2 Å². The van der Waals surface area contributed by atoms with Crippen LogP contribution in [0.4, 0.5) is 0 Å². The third kappa shape index (κ3) is 2.40. The molecule has 1 aliphatic rings. The summed E-state index contributed by atoms with van der Waals surface area (Å²) in [5, 5.41) is 15.7. The van der Waals surface area contributed by atoms with E-state index >= 15 is 0 Å². The molecule has 0 radical (unpaired) electrons. The Kier molecular flexibility index (Phi) is 3.79. The van der Waals surface area contributed by atoms with Crippen molar-refractivity contribution in [3.8, 4) is 5.88 Å². The summed E-state index contributed by atoms with van der Waals surface area (Å²) in [6.07, 6.45) is 2.61. The fourth-order valence-electron chi connectivity index (χ4n) is 3.25. The first-order valence-electron chi connectivity index (χ1n) is 7.49. The van der Waals surface area contributed by atoms with E-state index in [1.807, 2.05) is 18.2 Å². The predicted octanol–water partition coefficient (Wildman–Crippen LogP) is 2.57. The van der Waals surface area contributed by atoms with Crippen molar-refractivity contribution in [1.82, 2.24) is 20.3 Å². The second-order valence-electron chi connectivity index (χ2n) is 5.66. The smallest absolute Gasteiger partial charge is 0.260 e. The lowest BCUT2D eigenvalue weighted by molar-refractivity contribution is 0.421. The number of aromatic nitrogens is 3. The molecule has 0 unspecified atom stereocenters. The summed E-state index contributed by atoms with van der Waals surface area (Å²) in [6.45, 7) is 0.695. The summed E-state index contributed by atoms with van der Waals surface area (Å²) in [6, 6.07) is 5.24. The second kappa shape index (κ2) is 5.84. The molecule has 24 heavy (non-hydrogen) atoms. The van der Waals surface area contributed by atoms with Crippen molar-refractivity contribution in [1.29, 1.82) is 0 Å². The number of halogens is 1. The topological polar surface area (TPSA) is 93.8 Å². The Morgan fingerprint density at radius 1 is 1.38 bits per heavy atom. The molecule has 0 saturated carbocycles. The number of fused-ring (bicyclic) bond motifs is 3. The monoisotopic (exact) mass is 362 g/mol. The van der Waals surface area contributed by atoms with Crippen LogP contribution in [0.2, 0.25) is 5.02 Å². The number of aromatic amines is 2. The van der Waals surface area contributed by atoms with Gasteiger partial charge in [0.05, 0.1) is 6.04 Å². The van der Waals surface area contributed by atoms with Gasteiger partial charge in [-0.2, -0.15) is 4.98 Å². The minimum atomic E-state index is -0.438. The fraction of sp³-hybridized carbons (Fsp3) is 0.250. The van der Waals surface area contributed by atoms with Gasteiger partial charge in [0.15, 0.2) is 5.16 Å². The Morgan fingerprint density at radius 3 is 2.96 bits per heavy atom. The van der Waals surface area contributed by atoms with E-state index in [-0.39, 0.29) is 17.0 Å². The number of nitrogens with zero attached hydrogens (tertiary/aromatic N) is 1. The van der Waals surface area contributed by atoms with E-state index in [2.05, 4.69) is 20.3 Å². The van der Waals surface area contributed by atoms with Crippen LogP contribution < -0.4 is 10.9 Å². The van der Waals surface area contributed by atoms with Crippen molar-refractivity contribution in [2.24, 2.45) is 0 Å². The van der Waals surface area contributed by atoms with Gasteiger partial charge in [0.1, 0.15) is 5.56 Å². The zero-order valence-electron chi connectivity index (χ0n) is 12.8. The third-order valence-electron chi connectivity index (χ3n) is 4.31. The number of nitrogens with one attached hydrogen (secondary N) is 3. The maximum absolute atomic E-state index is 12.5. The molecule has 0 saturated heterocycles. The highest BCUT2D eigenvalue weighted by Crippen LogP contribution is 2.35. The van der Waals surface area contributed by atoms with Crippen molar-refractivity contribution >= 4 is 34.3 Å². The maximum atomic E-state index is 12.5. The zero-order chi connectivity index (χ0) is 16.8. The van der Waals surface area contributed by atoms with Gasteiger partial charge in [-0.05, 0) is 36.4 Å². The second-order valence-corrected chi connectivity index (χ2v) is 6.89. The van der Waals surface area contributed by atoms with Crippen LogP contribution in [0, 0.1) is 0 Å². The minimum absolute atomic E-state index is 0.228. The summed E-state index contributed by atoms with van der Waals surface area (Å²) >= 11 is 7.39. The van der Waals surface area contributed by atoms with Gasteiger partial charge in [-0.15, -0.1) is 0 Å². The number of H-pyrrole nitrogens is 2. The van der Waals surface area contributed by atoms with E-state index in [9.17, 15) is 9.90 Å². The summed E-state index contributed by atoms with van der Waals surface area (Å²) in [5.41, 5.74) is 2.84. The third-order valence-corrected chi connectivity index (χ3v) is 5.12. The highest BCUT2D eigenvalue weighted by Gasteiger charge is 2.30. The number of benzene rings is 1. The van der Waals surface area contributed by atoms with Gasteiger partial charge < -0.3 is 20.4 Å². The first kappa shape index (κ1) is 15.6. The highest BCUT2D eigenvalue weighted by atomic mass is 35.5. The molecule has 3 heterocycles. The molecule has 0 spiro atoms. The normalized spacial score (nSPS) is 17.2. The molecular weight excluding hydrogens is 348 g/mol. The summed E-state index contributed by atoms with van der Waals surface area (Å²) in [5.74, 6) is -0.245. The molecule has 3 aromatic rings. The van der Waals surface area contributed by atoms with Crippen molar-refractivity contribution < 1.29 is 5.11 Å². The standard InChI is InChI=1S/C16H15ClN4O2S/c1-24-16-20-14(22)11(15(23)21-16)13-12-8(4-5-18-13)9-6-7(17)2-3-10(9)19-12/h2-3,6,13,18-19H,4-5H2,1H3,(H2,20,21,22,23)/t13-/m1/s1. The largest absolute Gasteiger partial charge is 0.493 e. The lowest BCUT2D eigenvalue weighted by Gasteiger charge is -2.24. The summed E-state index contributed by atoms with van der Waals surface area (Å²) in [4.78, 5) is 22.6. The van der Waals surface area contributed by atoms with Crippen molar-refractivity contribution in [2.75, 3.05) is 12.8 Å². The first-order chi connectivity index (χ1) is 11.6. The molecule has 8 heteroatoms. The number of rotatable bonds is 2. The highest BCUT2D eigenvalue weighted by molar-refractivity contribution is 7.98. The Hall–Kier alpha value is -1.96. The Bertz CT molecular complexity index is 998. The van der Waals surface area contributed by atoms with Gasteiger partial charge in [-0.1, -0.05) is 23.4 Å². The van der Waals surface area contributed by atoms with E-state index in [0.717, 1.165) is 28.6 Å². The van der Waals surface area contributed by atoms with Gasteiger partial charge in [0.2, 0.25) is 5.88 Å². The molecular formula is C16H15ClN4O2S. The van der Waals surface area contributed by atoms with Crippen LogP contribution in [0.15, 0.2) is 28.2 Å². The van der Waals surface area contributed by atoms with Crippen LogP contribution >= 0.6 is 23.4 Å². The average Bonchev–Trinajstić information content (AvgIpc) is 2.93. The molecule has 124 valence electrons. The van der Waals surface area contributed by atoms with Crippen LogP contribution in [0.5, 0.6) is 5.88 Å². The van der Waals surface area contributed by atoms with Crippen molar-refractivity contribution in [3.63, 3.8) is 0 Å². The molecule has 4 N–H and O–H groups in total. The SMILES string of the molecule is CSc1nc(O)c([C@H]2NCCc3c2[nH]c2ccc(Cl)cc32)c(=O)[nH]1. The van der Waals surface area contributed by atoms with E-state index in [0.29, 0.717) is 16.7 Å². The molecule has 0 aliphatic carbocycles. The number of hydrogen-bond donors (Lipinski definition) is 4. The number of hydrogen-bond acceptors (Lipinski definition) is 5. The molecule has 1 aromatic carbocycles. The van der Waals surface area contributed by atoms with E-state index in [4.69, 9.17) is 11.6 Å². The van der Waals surface area contributed by atoms with Crippen molar-refractivity contribution in [2.45, 2.75) is 17.6 Å². The number of aromatic hydroxyl groups is 1. The molecule has 2 aromatic heterocycles. The van der Waals surface area contributed by atoms with Crippen LogP contribution in [0.1, 0.15) is 22.9 Å². The predicted molar refractivity (Wildman–Crippen MR) is 95.2 cm³/mol. The van der Waals surface area contributed by atoms with E-state index < -0.39 is 6.04 Å². The van der Waals surface area contributed by atoms with Gasteiger partial charge in [-0.25, -0.2) is 0 Å². The van der Waals surface area contributed by atoms with E-state index in [1.54, 1.807) is 6.26 Å². The minimum Gasteiger partial charge on any atom is -0.493 e. The molecule has 0 fully saturated rings. The molecule has 1 aliphatic heterocycles. The van der Waals surface area contributed by atoms with Gasteiger partial charge >= 0.3 is 0 Å². The summed E-state index contributed by atoms with van der Waals surface area (Å²) < 4.78 is 0. The Labute approximate surface area is 146 Å². The first-order valence-corrected chi connectivity index (χ1v) is 9.09. The van der Waals surface area contributed by atoms with Crippen LogP contribution in [0.25, 0.3) is 10.9 Å². The maximum Gasteiger partial charge on any atom is 0.260 e. The van der Waals surface area contributed by atoms with E-state index in [1.165, 1.54) is 11.8 Å². The lowest BCUT2D eigenvalue weighted by Crippen LogP contribution is -2.34. The summed E-state index contributed by atoms with van der Waals surface area (Å²) in [7, 11) is 0. The van der Waals surface area contributed by atoms with Gasteiger partial charge in [0.25, 0.3) is 5.56 Å². The quantitative estimate of drug-likeness (QED) is 0.415. The van der Waals surface area contributed by atoms with Crippen LogP contribution in [-0.2, 0) is 6.42 Å². The van der Waals surface area contributed by atoms with Gasteiger partial charge in [-0.3, -0.25) is 4.79 Å². The molecule has 0 amide bonds.